The van der Waals surface area contributed by atoms with Crippen molar-refractivity contribution < 1.29 is 14.6 Å². The zero-order chi connectivity index (χ0) is 24.0. The highest BCUT2D eigenvalue weighted by Gasteiger charge is 2.53. The van der Waals surface area contributed by atoms with Gasteiger partial charge in [-0.1, -0.05) is 18.2 Å². The number of pyridine rings is 1. The highest BCUT2D eigenvalue weighted by atomic mass is 16.6. The molecule has 6 heteroatoms. The van der Waals surface area contributed by atoms with Crippen LogP contribution in [0.1, 0.15) is 53.6 Å². The zero-order valence-corrected chi connectivity index (χ0v) is 20.0. The summed E-state index contributed by atoms with van der Waals surface area (Å²) in [5.41, 5.74) is 3.86. The number of para-hydroxylation sites is 1. The molecule has 0 fully saturated rings. The molecule has 1 unspecified atom stereocenters. The Morgan fingerprint density at radius 1 is 1.06 bits per heavy atom. The number of carbonyl (C=O) groups is 1. The van der Waals surface area contributed by atoms with Crippen LogP contribution < -0.4 is 4.90 Å². The smallest absolute Gasteiger partial charge is 0.341 e. The number of aryl methyl sites for hydroxylation is 1. The average Bonchev–Trinajstić information content (AvgIpc) is 3.31. The van der Waals surface area contributed by atoms with Crippen molar-refractivity contribution in [2.45, 2.75) is 39.8 Å². The lowest BCUT2D eigenvalue weighted by atomic mass is 9.80. The molecule has 1 aliphatic rings. The number of phenols is 1. The Kier molecular flexibility index (Phi) is 5.31. The van der Waals surface area contributed by atoms with E-state index in [1.807, 2.05) is 37.3 Å². The van der Waals surface area contributed by atoms with Crippen LogP contribution in [0.25, 0.3) is 10.9 Å². The number of anilines is 1. The summed E-state index contributed by atoms with van der Waals surface area (Å²) in [6.07, 6.45) is 1.67. The fourth-order valence-electron chi connectivity index (χ4n) is 5.47. The molecule has 0 saturated heterocycles. The molecule has 0 spiro atoms. The van der Waals surface area contributed by atoms with Gasteiger partial charge in [-0.15, -0.1) is 0 Å². The summed E-state index contributed by atoms with van der Waals surface area (Å²) < 4.78 is 8.49. The van der Waals surface area contributed by atoms with E-state index in [0.717, 1.165) is 47.5 Å². The highest BCUT2D eigenvalue weighted by molar-refractivity contribution is 5.98. The molecule has 4 aromatic rings. The summed E-state index contributed by atoms with van der Waals surface area (Å²) in [5, 5.41) is 12.4. The number of carbonyl (C=O) groups excluding carboxylic acids is 1. The van der Waals surface area contributed by atoms with Gasteiger partial charge in [0, 0.05) is 65.3 Å². The van der Waals surface area contributed by atoms with Gasteiger partial charge in [0.2, 0.25) is 5.60 Å². The third kappa shape index (κ3) is 2.94. The Labute approximate surface area is 199 Å². The minimum atomic E-state index is -1.36. The third-order valence-electron chi connectivity index (χ3n) is 7.00. The van der Waals surface area contributed by atoms with Crippen molar-refractivity contribution in [1.29, 1.82) is 0 Å². The maximum atomic E-state index is 13.2. The summed E-state index contributed by atoms with van der Waals surface area (Å²) in [6, 6.07) is 17.2. The molecule has 174 valence electrons. The van der Waals surface area contributed by atoms with E-state index in [1.54, 1.807) is 24.4 Å². The number of hydrogen-bond acceptors (Lipinski definition) is 5. The predicted molar refractivity (Wildman–Crippen MR) is 134 cm³/mol. The van der Waals surface area contributed by atoms with Crippen LogP contribution in [0.5, 0.6) is 5.75 Å². The number of nitrogens with zero attached hydrogens (tertiary/aromatic N) is 3. The minimum absolute atomic E-state index is 0.0726. The maximum Gasteiger partial charge on any atom is 0.341 e. The fraction of sp³-hybridized carbons (Fsp3) is 0.286. The van der Waals surface area contributed by atoms with Crippen molar-refractivity contribution in [1.82, 2.24) is 9.55 Å². The summed E-state index contributed by atoms with van der Waals surface area (Å²) in [6.45, 7) is 10.7. The molecule has 2 aromatic carbocycles. The molecule has 34 heavy (non-hydrogen) atoms. The van der Waals surface area contributed by atoms with E-state index in [9.17, 15) is 9.90 Å². The van der Waals surface area contributed by atoms with Gasteiger partial charge in [0.1, 0.15) is 11.4 Å². The lowest BCUT2D eigenvalue weighted by Gasteiger charge is -2.31. The van der Waals surface area contributed by atoms with Gasteiger partial charge in [0.05, 0.1) is 5.56 Å². The third-order valence-corrected chi connectivity index (χ3v) is 7.00. The molecule has 6 nitrogen and oxygen atoms in total. The number of esters is 1. The van der Waals surface area contributed by atoms with Crippen molar-refractivity contribution in [2.24, 2.45) is 0 Å². The number of phenolic OH excluding ortho intramolecular Hbond substituents is 1. The Morgan fingerprint density at radius 2 is 1.82 bits per heavy atom. The first kappa shape index (κ1) is 22.0. The molecule has 1 aliphatic heterocycles. The van der Waals surface area contributed by atoms with E-state index >= 15 is 0 Å². The van der Waals surface area contributed by atoms with E-state index in [0.29, 0.717) is 16.8 Å². The number of aromatic hydroxyl groups is 1. The molecule has 0 bridgehead atoms. The van der Waals surface area contributed by atoms with Gasteiger partial charge in [0.25, 0.3) is 0 Å². The van der Waals surface area contributed by atoms with Gasteiger partial charge < -0.3 is 19.3 Å². The topological polar surface area (TPSA) is 67.6 Å². The quantitative estimate of drug-likeness (QED) is 0.396. The van der Waals surface area contributed by atoms with E-state index < -0.39 is 11.6 Å². The van der Waals surface area contributed by atoms with Crippen molar-refractivity contribution in [3.63, 3.8) is 0 Å². The second-order valence-corrected chi connectivity index (χ2v) is 8.57. The number of benzene rings is 2. The van der Waals surface area contributed by atoms with Crippen molar-refractivity contribution in [3.05, 3.63) is 88.9 Å². The second kappa shape index (κ2) is 8.20. The number of rotatable bonds is 6. The van der Waals surface area contributed by atoms with E-state index in [-0.39, 0.29) is 5.75 Å². The molecular weight excluding hydrogens is 426 g/mol. The zero-order valence-electron chi connectivity index (χ0n) is 20.0. The lowest BCUT2D eigenvalue weighted by Crippen LogP contribution is -2.31. The Balaban J connectivity index is 1.88. The van der Waals surface area contributed by atoms with Crippen LogP contribution in [0.3, 0.4) is 0 Å². The first-order valence-electron chi connectivity index (χ1n) is 11.8. The van der Waals surface area contributed by atoms with Crippen molar-refractivity contribution >= 4 is 22.6 Å². The molecule has 1 atom stereocenters. The maximum absolute atomic E-state index is 13.2. The van der Waals surface area contributed by atoms with Gasteiger partial charge in [-0.3, -0.25) is 4.98 Å². The van der Waals surface area contributed by atoms with Crippen LogP contribution in [0.2, 0.25) is 0 Å². The van der Waals surface area contributed by atoms with E-state index in [2.05, 4.69) is 41.3 Å². The summed E-state index contributed by atoms with van der Waals surface area (Å²) in [5.74, 6) is -0.369. The largest absolute Gasteiger partial charge is 0.507 e. The SMILES string of the molecule is CCN(CC)c1ccc(C2(c3c(C)n(CC)c4ccccc34)OC(=O)c3cccnc32)c(O)c1. The normalized spacial score (nSPS) is 17.1. The van der Waals surface area contributed by atoms with E-state index in [4.69, 9.17) is 4.74 Å². The first-order valence-corrected chi connectivity index (χ1v) is 11.8. The highest BCUT2D eigenvalue weighted by Crippen LogP contribution is 2.52. The number of aromatic nitrogens is 2. The van der Waals surface area contributed by atoms with Crippen molar-refractivity contribution in [3.8, 4) is 5.75 Å². The minimum Gasteiger partial charge on any atom is -0.507 e. The second-order valence-electron chi connectivity index (χ2n) is 8.57. The fourth-order valence-corrected chi connectivity index (χ4v) is 5.47. The van der Waals surface area contributed by atoms with Crippen LogP contribution in [0, 0.1) is 6.92 Å². The molecule has 0 radical (unpaired) electrons. The average molecular weight is 456 g/mol. The Hall–Kier alpha value is -3.80. The number of hydrogen-bond donors (Lipinski definition) is 1. The first-order chi connectivity index (χ1) is 16.5. The molecule has 0 aliphatic carbocycles. The number of fused-ring (bicyclic) bond motifs is 2. The van der Waals surface area contributed by atoms with Crippen LogP contribution in [0.4, 0.5) is 5.69 Å². The summed E-state index contributed by atoms with van der Waals surface area (Å²) in [4.78, 5) is 20.0. The Morgan fingerprint density at radius 3 is 2.53 bits per heavy atom. The van der Waals surface area contributed by atoms with Crippen molar-refractivity contribution in [2.75, 3.05) is 18.0 Å². The van der Waals surface area contributed by atoms with Crippen LogP contribution in [-0.2, 0) is 16.9 Å². The van der Waals surface area contributed by atoms with Gasteiger partial charge >= 0.3 is 5.97 Å². The number of ether oxygens (including phenoxy) is 1. The van der Waals surface area contributed by atoms with Gasteiger partial charge in [-0.2, -0.15) is 0 Å². The molecule has 1 N–H and O–H groups in total. The molecule has 2 aromatic heterocycles. The monoisotopic (exact) mass is 455 g/mol. The van der Waals surface area contributed by atoms with Gasteiger partial charge in [0.15, 0.2) is 0 Å². The van der Waals surface area contributed by atoms with Crippen LogP contribution in [0.15, 0.2) is 60.8 Å². The van der Waals surface area contributed by atoms with Gasteiger partial charge in [-0.25, -0.2) is 4.79 Å². The molecule has 3 heterocycles. The van der Waals surface area contributed by atoms with Gasteiger partial charge in [-0.05, 0) is 58.0 Å². The molecule has 0 saturated carbocycles. The summed E-state index contributed by atoms with van der Waals surface area (Å²) >= 11 is 0. The molecular formula is C28H29N3O3. The van der Waals surface area contributed by atoms with Crippen LogP contribution >= 0.6 is 0 Å². The number of cyclic esters (lactones) is 1. The van der Waals surface area contributed by atoms with Crippen LogP contribution in [-0.4, -0.2) is 33.7 Å². The lowest BCUT2D eigenvalue weighted by molar-refractivity contribution is 0.0239. The summed E-state index contributed by atoms with van der Waals surface area (Å²) in [7, 11) is 0. The predicted octanol–water partition coefficient (Wildman–Crippen LogP) is 5.38. The van der Waals surface area contributed by atoms with E-state index in [1.165, 1.54) is 0 Å². The standard InChI is InChI=1S/C28H29N3O3/c1-5-30(6-2)19-14-15-22(24(32)17-19)28(26-21(27(33)34-28)12-10-16-29-26)25-18(4)31(7-3)23-13-9-8-11-20(23)25/h8-17,32H,5-7H2,1-4H3. The Bertz CT molecular complexity index is 1400. The molecule has 5 rings (SSSR count). The molecule has 0 amide bonds.